The van der Waals surface area contributed by atoms with E-state index in [4.69, 9.17) is 9.47 Å². The molecule has 0 saturated carbocycles. The lowest BCUT2D eigenvalue weighted by Crippen LogP contribution is -2.42. The molecule has 7 heteroatoms. The highest BCUT2D eigenvalue weighted by atomic mass is 32.1. The summed E-state index contributed by atoms with van der Waals surface area (Å²) < 4.78 is 10.7. The summed E-state index contributed by atoms with van der Waals surface area (Å²) >= 11 is 1.64. The van der Waals surface area contributed by atoms with E-state index in [1.165, 1.54) is 0 Å². The van der Waals surface area contributed by atoms with Gasteiger partial charge in [-0.3, -0.25) is 4.79 Å². The second kappa shape index (κ2) is 6.19. The number of hydrazine groups is 1. The average Bonchev–Trinajstić information content (AvgIpc) is 3.32. The van der Waals surface area contributed by atoms with Gasteiger partial charge >= 0.3 is 0 Å². The van der Waals surface area contributed by atoms with Crippen LogP contribution in [0.25, 0.3) is 0 Å². The van der Waals surface area contributed by atoms with Crippen molar-refractivity contribution < 1.29 is 14.3 Å². The molecule has 2 aliphatic heterocycles. The van der Waals surface area contributed by atoms with Crippen LogP contribution < -0.4 is 25.6 Å². The minimum Gasteiger partial charge on any atom is -0.454 e. The third kappa shape index (κ3) is 3.03. The Balaban J connectivity index is 1.36. The van der Waals surface area contributed by atoms with Crippen molar-refractivity contribution in [3.05, 3.63) is 46.2 Å². The van der Waals surface area contributed by atoms with Crippen LogP contribution in [0.1, 0.15) is 22.9 Å². The third-order valence-electron chi connectivity index (χ3n) is 4.04. The monoisotopic (exact) mass is 331 g/mol. The zero-order valence-electron chi connectivity index (χ0n) is 12.4. The molecular weight excluding hydrogens is 314 g/mol. The van der Waals surface area contributed by atoms with E-state index in [9.17, 15) is 4.79 Å². The molecule has 2 aromatic rings. The molecule has 4 rings (SSSR count). The predicted octanol–water partition coefficient (Wildman–Crippen LogP) is 1.70. The van der Waals surface area contributed by atoms with Crippen LogP contribution in [0.3, 0.4) is 0 Å². The quantitative estimate of drug-likeness (QED) is 0.795. The van der Waals surface area contributed by atoms with Crippen molar-refractivity contribution in [2.24, 2.45) is 0 Å². The molecule has 3 heterocycles. The SMILES string of the molecule is O=C(NCc1cccs1)C1CC(c2ccc3c(c2)OCO3)NN1. The van der Waals surface area contributed by atoms with Gasteiger partial charge in [-0.25, -0.2) is 10.9 Å². The van der Waals surface area contributed by atoms with E-state index >= 15 is 0 Å². The molecule has 120 valence electrons. The topological polar surface area (TPSA) is 71.6 Å². The lowest BCUT2D eigenvalue weighted by atomic mass is 10.0. The molecule has 6 nitrogen and oxygen atoms in total. The van der Waals surface area contributed by atoms with Gasteiger partial charge in [-0.15, -0.1) is 11.3 Å². The molecule has 0 spiro atoms. The number of rotatable bonds is 4. The van der Waals surface area contributed by atoms with Crippen molar-refractivity contribution in [1.82, 2.24) is 16.2 Å². The van der Waals surface area contributed by atoms with Gasteiger partial charge in [0.05, 0.1) is 6.54 Å². The van der Waals surface area contributed by atoms with Crippen molar-refractivity contribution in [1.29, 1.82) is 0 Å². The molecule has 3 N–H and O–H groups in total. The van der Waals surface area contributed by atoms with E-state index in [1.54, 1.807) is 11.3 Å². The number of thiophene rings is 1. The van der Waals surface area contributed by atoms with Gasteiger partial charge in [-0.05, 0) is 35.6 Å². The largest absolute Gasteiger partial charge is 0.454 e. The maximum Gasteiger partial charge on any atom is 0.238 e. The van der Waals surface area contributed by atoms with Crippen LogP contribution >= 0.6 is 11.3 Å². The van der Waals surface area contributed by atoms with Crippen molar-refractivity contribution in [2.75, 3.05) is 6.79 Å². The van der Waals surface area contributed by atoms with E-state index in [0.717, 1.165) is 21.9 Å². The second-order valence-electron chi connectivity index (χ2n) is 5.54. The Bertz CT molecular complexity index is 705. The Morgan fingerprint density at radius 2 is 2.17 bits per heavy atom. The predicted molar refractivity (Wildman–Crippen MR) is 86.1 cm³/mol. The number of nitrogens with one attached hydrogen (secondary N) is 3. The summed E-state index contributed by atoms with van der Waals surface area (Å²) in [6.45, 7) is 0.840. The first-order chi connectivity index (χ1) is 11.3. The number of carbonyl (C=O) groups is 1. The molecule has 2 aliphatic rings. The number of carbonyl (C=O) groups excluding carboxylic acids is 1. The molecule has 1 aromatic carbocycles. The first-order valence-corrected chi connectivity index (χ1v) is 8.38. The Hall–Kier alpha value is -2.09. The van der Waals surface area contributed by atoms with Crippen molar-refractivity contribution >= 4 is 17.2 Å². The fourth-order valence-corrected chi connectivity index (χ4v) is 3.43. The minimum absolute atomic E-state index is 0.00847. The molecule has 1 saturated heterocycles. The zero-order valence-corrected chi connectivity index (χ0v) is 13.2. The summed E-state index contributed by atoms with van der Waals surface area (Å²) in [6.07, 6.45) is 0.690. The number of hydrogen-bond acceptors (Lipinski definition) is 6. The van der Waals surface area contributed by atoms with Crippen LogP contribution in [0.5, 0.6) is 11.5 Å². The molecule has 1 amide bonds. The van der Waals surface area contributed by atoms with Crippen LogP contribution in [0, 0.1) is 0 Å². The van der Waals surface area contributed by atoms with E-state index in [2.05, 4.69) is 16.2 Å². The summed E-state index contributed by atoms with van der Waals surface area (Å²) in [6, 6.07) is 9.70. The standard InChI is InChI=1S/C16H17N3O3S/c20-16(17-8-11-2-1-5-23-11)13-7-12(18-19-13)10-3-4-14-15(6-10)22-9-21-14/h1-6,12-13,18-19H,7-9H2,(H,17,20). The van der Waals surface area contributed by atoms with Gasteiger partial charge in [0, 0.05) is 10.9 Å². The smallest absolute Gasteiger partial charge is 0.238 e. The Labute approximate surface area is 137 Å². The van der Waals surface area contributed by atoms with Gasteiger partial charge < -0.3 is 14.8 Å². The first-order valence-electron chi connectivity index (χ1n) is 7.50. The van der Waals surface area contributed by atoms with E-state index in [-0.39, 0.29) is 24.8 Å². The van der Waals surface area contributed by atoms with Crippen LogP contribution in [0.15, 0.2) is 35.7 Å². The van der Waals surface area contributed by atoms with Gasteiger partial charge in [0.2, 0.25) is 12.7 Å². The van der Waals surface area contributed by atoms with Gasteiger partial charge in [-0.2, -0.15) is 0 Å². The first kappa shape index (κ1) is 14.5. The number of hydrogen-bond donors (Lipinski definition) is 3. The van der Waals surface area contributed by atoms with Crippen LogP contribution in [0.4, 0.5) is 0 Å². The highest BCUT2D eigenvalue weighted by Gasteiger charge is 2.30. The molecule has 2 unspecified atom stereocenters. The second-order valence-corrected chi connectivity index (χ2v) is 6.57. The number of amides is 1. The van der Waals surface area contributed by atoms with Crippen molar-refractivity contribution in [3.8, 4) is 11.5 Å². The Morgan fingerprint density at radius 1 is 1.26 bits per heavy atom. The average molecular weight is 331 g/mol. The summed E-state index contributed by atoms with van der Waals surface area (Å²) in [5, 5.41) is 4.97. The zero-order chi connectivity index (χ0) is 15.6. The molecule has 1 fully saturated rings. The van der Waals surface area contributed by atoms with Gasteiger partial charge in [-0.1, -0.05) is 12.1 Å². The lowest BCUT2D eigenvalue weighted by molar-refractivity contribution is -0.123. The molecule has 0 bridgehead atoms. The Kier molecular flexibility index (Phi) is 3.90. The fraction of sp³-hybridized carbons (Fsp3) is 0.312. The summed E-state index contributed by atoms with van der Waals surface area (Å²) in [7, 11) is 0. The Morgan fingerprint density at radius 3 is 3.04 bits per heavy atom. The summed E-state index contributed by atoms with van der Waals surface area (Å²) in [5.74, 6) is 1.54. The third-order valence-corrected chi connectivity index (χ3v) is 4.91. The number of fused-ring (bicyclic) bond motifs is 1. The molecule has 1 aromatic heterocycles. The molecule has 2 atom stereocenters. The van der Waals surface area contributed by atoms with Crippen LogP contribution in [-0.4, -0.2) is 18.7 Å². The molecule has 0 radical (unpaired) electrons. The van der Waals surface area contributed by atoms with E-state index in [0.29, 0.717) is 13.0 Å². The van der Waals surface area contributed by atoms with E-state index < -0.39 is 0 Å². The highest BCUT2D eigenvalue weighted by molar-refractivity contribution is 7.09. The lowest BCUT2D eigenvalue weighted by Gasteiger charge is -2.11. The summed E-state index contributed by atoms with van der Waals surface area (Å²) in [5.41, 5.74) is 7.33. The molecular formula is C16H17N3O3S. The van der Waals surface area contributed by atoms with Crippen molar-refractivity contribution in [2.45, 2.75) is 25.0 Å². The van der Waals surface area contributed by atoms with Gasteiger partial charge in [0.25, 0.3) is 0 Å². The number of benzene rings is 1. The molecule has 0 aliphatic carbocycles. The normalized spacial score (nSPS) is 22.3. The van der Waals surface area contributed by atoms with Gasteiger partial charge in [0.15, 0.2) is 11.5 Å². The van der Waals surface area contributed by atoms with Gasteiger partial charge in [0.1, 0.15) is 6.04 Å². The van der Waals surface area contributed by atoms with E-state index in [1.807, 2.05) is 35.7 Å². The summed E-state index contributed by atoms with van der Waals surface area (Å²) in [4.78, 5) is 13.4. The fourth-order valence-electron chi connectivity index (χ4n) is 2.79. The maximum atomic E-state index is 12.3. The van der Waals surface area contributed by atoms with Crippen LogP contribution in [-0.2, 0) is 11.3 Å². The van der Waals surface area contributed by atoms with Crippen LogP contribution in [0.2, 0.25) is 0 Å². The highest BCUT2D eigenvalue weighted by Crippen LogP contribution is 2.35. The van der Waals surface area contributed by atoms with Crippen molar-refractivity contribution in [3.63, 3.8) is 0 Å². The molecule has 23 heavy (non-hydrogen) atoms. The number of ether oxygens (including phenoxy) is 2. The minimum atomic E-state index is -0.245. The maximum absolute atomic E-state index is 12.3.